The van der Waals surface area contributed by atoms with Gasteiger partial charge in [0.05, 0.1) is 34.4 Å². The summed E-state index contributed by atoms with van der Waals surface area (Å²) in [5, 5.41) is 19.1. The number of unbranched alkanes of at least 4 members (excludes halogenated alkanes) is 1. The predicted octanol–water partition coefficient (Wildman–Crippen LogP) is 4.89. The second kappa shape index (κ2) is 9.01. The Hall–Kier alpha value is -4.00. The number of aryl methyl sites for hydroxylation is 1. The van der Waals surface area contributed by atoms with Crippen LogP contribution in [0.2, 0.25) is 0 Å². The molecule has 0 saturated heterocycles. The molecule has 0 amide bonds. The van der Waals surface area contributed by atoms with E-state index in [0.29, 0.717) is 28.8 Å². The van der Waals surface area contributed by atoms with Crippen LogP contribution in [0.3, 0.4) is 0 Å². The summed E-state index contributed by atoms with van der Waals surface area (Å²) in [7, 11) is 0. The molecule has 0 spiro atoms. The van der Waals surface area contributed by atoms with Crippen molar-refractivity contribution in [2.24, 2.45) is 0 Å². The van der Waals surface area contributed by atoms with E-state index in [9.17, 15) is 19.8 Å². The van der Waals surface area contributed by atoms with Gasteiger partial charge in [-0.15, -0.1) is 0 Å². The van der Waals surface area contributed by atoms with E-state index in [4.69, 9.17) is 4.98 Å². The third-order valence-corrected chi connectivity index (χ3v) is 5.43. The minimum absolute atomic E-state index is 0.196. The monoisotopic (exact) mass is 429 g/mol. The highest BCUT2D eigenvalue weighted by molar-refractivity contribution is 6.01. The molecular weight excluding hydrogens is 406 g/mol. The van der Waals surface area contributed by atoms with Crippen molar-refractivity contribution < 1.29 is 19.8 Å². The normalized spacial score (nSPS) is 11.0. The first-order valence-corrected chi connectivity index (χ1v) is 10.5. The zero-order chi connectivity index (χ0) is 22.7. The molecule has 2 aromatic heterocycles. The minimum atomic E-state index is -1.00. The number of hydrogen-bond acceptors (Lipinski definition) is 4. The predicted molar refractivity (Wildman–Crippen MR) is 121 cm³/mol. The number of fused-ring (bicyclic) bond motifs is 1. The van der Waals surface area contributed by atoms with Crippen molar-refractivity contribution in [3.05, 3.63) is 83.3 Å². The Balaban J connectivity index is 1.73. The highest BCUT2D eigenvalue weighted by Crippen LogP contribution is 2.25. The maximum absolute atomic E-state index is 11.8. The lowest BCUT2D eigenvalue weighted by Crippen LogP contribution is -2.09. The van der Waals surface area contributed by atoms with Gasteiger partial charge in [-0.05, 0) is 36.2 Å². The minimum Gasteiger partial charge on any atom is -0.478 e. The molecule has 0 fully saturated rings. The van der Waals surface area contributed by atoms with Crippen molar-refractivity contribution in [1.29, 1.82) is 0 Å². The SMILES string of the molecule is CCCCc1nc2cccc(C(=O)O)c2n1Cc1ccc(-c2ccccc2C(=O)O)nc1. The molecule has 0 bridgehead atoms. The summed E-state index contributed by atoms with van der Waals surface area (Å²) in [6.45, 7) is 2.53. The summed E-state index contributed by atoms with van der Waals surface area (Å²) in [5.74, 6) is -1.15. The fraction of sp³-hybridized carbons (Fsp3) is 0.200. The highest BCUT2D eigenvalue weighted by Gasteiger charge is 2.18. The number of pyridine rings is 1. The average molecular weight is 429 g/mol. The van der Waals surface area contributed by atoms with Crippen molar-refractivity contribution in [2.45, 2.75) is 32.7 Å². The third-order valence-electron chi connectivity index (χ3n) is 5.43. The maximum atomic E-state index is 11.8. The number of imidazole rings is 1. The lowest BCUT2D eigenvalue weighted by molar-refractivity contribution is 0.0687. The van der Waals surface area contributed by atoms with E-state index in [0.717, 1.165) is 30.7 Å². The molecule has 2 N–H and O–H groups in total. The molecule has 32 heavy (non-hydrogen) atoms. The van der Waals surface area contributed by atoms with E-state index in [2.05, 4.69) is 11.9 Å². The Morgan fingerprint density at radius 3 is 2.38 bits per heavy atom. The summed E-state index contributed by atoms with van der Waals surface area (Å²) in [6, 6.07) is 15.6. The van der Waals surface area contributed by atoms with E-state index in [-0.39, 0.29) is 11.1 Å². The molecule has 4 rings (SSSR count). The number of para-hydroxylation sites is 1. The van der Waals surface area contributed by atoms with Crippen LogP contribution in [0.4, 0.5) is 0 Å². The van der Waals surface area contributed by atoms with Crippen LogP contribution in [0.1, 0.15) is 51.9 Å². The lowest BCUT2D eigenvalue weighted by atomic mass is 10.0. The molecule has 0 aliphatic heterocycles. The Labute approximate surface area is 185 Å². The second-order valence-corrected chi connectivity index (χ2v) is 7.60. The molecule has 0 aliphatic carbocycles. The number of rotatable bonds is 8. The smallest absolute Gasteiger partial charge is 0.337 e. The highest BCUT2D eigenvalue weighted by atomic mass is 16.4. The van der Waals surface area contributed by atoms with Crippen molar-refractivity contribution >= 4 is 23.0 Å². The molecule has 7 nitrogen and oxygen atoms in total. The first kappa shape index (κ1) is 21.2. The van der Waals surface area contributed by atoms with Crippen LogP contribution >= 0.6 is 0 Å². The third kappa shape index (κ3) is 4.09. The molecule has 0 saturated carbocycles. The largest absolute Gasteiger partial charge is 0.478 e. The van der Waals surface area contributed by atoms with Crippen LogP contribution in [0.15, 0.2) is 60.8 Å². The van der Waals surface area contributed by atoms with Crippen LogP contribution in [-0.2, 0) is 13.0 Å². The van der Waals surface area contributed by atoms with Gasteiger partial charge in [0.25, 0.3) is 0 Å². The topological polar surface area (TPSA) is 105 Å². The van der Waals surface area contributed by atoms with Crippen LogP contribution in [0, 0.1) is 0 Å². The molecule has 0 atom stereocenters. The number of carboxylic acid groups (broad SMARTS) is 2. The summed E-state index contributed by atoms with van der Waals surface area (Å²) in [6.07, 6.45) is 4.41. The van der Waals surface area contributed by atoms with Crippen LogP contribution in [-0.4, -0.2) is 36.7 Å². The zero-order valence-corrected chi connectivity index (χ0v) is 17.7. The van der Waals surface area contributed by atoms with Gasteiger partial charge in [0.1, 0.15) is 5.82 Å². The van der Waals surface area contributed by atoms with Gasteiger partial charge in [-0.2, -0.15) is 0 Å². The zero-order valence-electron chi connectivity index (χ0n) is 17.7. The van der Waals surface area contributed by atoms with Crippen LogP contribution in [0.5, 0.6) is 0 Å². The van der Waals surface area contributed by atoms with Crippen LogP contribution < -0.4 is 0 Å². The number of carbonyl (C=O) groups is 2. The number of nitrogens with zero attached hydrogens (tertiary/aromatic N) is 3. The fourth-order valence-electron chi connectivity index (χ4n) is 3.86. The molecule has 4 aromatic rings. The molecule has 0 radical (unpaired) electrons. The van der Waals surface area contributed by atoms with E-state index in [1.54, 1.807) is 48.7 Å². The number of aromatic carboxylic acids is 2. The number of hydrogen-bond donors (Lipinski definition) is 2. The van der Waals surface area contributed by atoms with Gasteiger partial charge < -0.3 is 14.8 Å². The molecule has 0 unspecified atom stereocenters. The molecular formula is C25H23N3O4. The van der Waals surface area contributed by atoms with Gasteiger partial charge >= 0.3 is 11.9 Å². The average Bonchev–Trinajstić information content (AvgIpc) is 3.15. The van der Waals surface area contributed by atoms with Gasteiger partial charge in [0.15, 0.2) is 0 Å². The first-order chi connectivity index (χ1) is 15.5. The molecule has 2 aromatic carbocycles. The molecule has 162 valence electrons. The molecule has 2 heterocycles. The second-order valence-electron chi connectivity index (χ2n) is 7.60. The van der Waals surface area contributed by atoms with Crippen molar-refractivity contribution in [3.63, 3.8) is 0 Å². The summed E-state index contributed by atoms with van der Waals surface area (Å²) in [5.41, 5.74) is 3.68. The first-order valence-electron chi connectivity index (χ1n) is 10.5. The Morgan fingerprint density at radius 2 is 1.69 bits per heavy atom. The number of benzene rings is 2. The van der Waals surface area contributed by atoms with Crippen molar-refractivity contribution in [3.8, 4) is 11.3 Å². The van der Waals surface area contributed by atoms with Gasteiger partial charge in [0, 0.05) is 18.2 Å². The lowest BCUT2D eigenvalue weighted by Gasteiger charge is -2.11. The summed E-state index contributed by atoms with van der Waals surface area (Å²) >= 11 is 0. The number of aromatic nitrogens is 3. The summed E-state index contributed by atoms with van der Waals surface area (Å²) < 4.78 is 1.95. The van der Waals surface area contributed by atoms with Gasteiger partial charge in [-0.25, -0.2) is 14.6 Å². The Morgan fingerprint density at radius 1 is 0.938 bits per heavy atom. The van der Waals surface area contributed by atoms with Crippen molar-refractivity contribution in [2.75, 3.05) is 0 Å². The summed E-state index contributed by atoms with van der Waals surface area (Å²) in [4.78, 5) is 32.5. The van der Waals surface area contributed by atoms with Gasteiger partial charge in [-0.1, -0.05) is 43.7 Å². The standard InChI is InChI=1S/C25H23N3O4/c1-2-3-11-22-27-21-10-6-9-19(25(31)32)23(21)28(22)15-16-12-13-20(26-14-16)17-7-4-5-8-18(17)24(29)30/h4-10,12-14H,2-3,11,15H2,1H3,(H,29,30)(H,31,32). The molecule has 7 heteroatoms. The van der Waals surface area contributed by atoms with Gasteiger partial charge in [0.2, 0.25) is 0 Å². The van der Waals surface area contributed by atoms with Crippen molar-refractivity contribution in [1.82, 2.24) is 14.5 Å². The van der Waals surface area contributed by atoms with Crippen LogP contribution in [0.25, 0.3) is 22.3 Å². The Bertz CT molecular complexity index is 1290. The van der Waals surface area contributed by atoms with E-state index in [1.807, 2.05) is 16.7 Å². The van der Waals surface area contributed by atoms with E-state index in [1.165, 1.54) is 0 Å². The Kier molecular flexibility index (Phi) is 5.98. The fourth-order valence-corrected chi connectivity index (χ4v) is 3.86. The van der Waals surface area contributed by atoms with E-state index >= 15 is 0 Å². The number of carboxylic acids is 2. The molecule has 0 aliphatic rings. The quantitative estimate of drug-likeness (QED) is 0.413. The van der Waals surface area contributed by atoms with Gasteiger partial charge in [-0.3, -0.25) is 4.98 Å². The maximum Gasteiger partial charge on any atom is 0.337 e. The van der Waals surface area contributed by atoms with E-state index < -0.39 is 11.9 Å².